The van der Waals surface area contributed by atoms with Gasteiger partial charge in [0.1, 0.15) is 5.82 Å². The third-order valence-electron chi connectivity index (χ3n) is 5.52. The fourth-order valence-corrected chi connectivity index (χ4v) is 3.94. The van der Waals surface area contributed by atoms with E-state index in [4.69, 9.17) is 0 Å². The molecule has 0 amide bonds. The fourth-order valence-electron chi connectivity index (χ4n) is 3.94. The Kier molecular flexibility index (Phi) is 8.27. The van der Waals surface area contributed by atoms with Gasteiger partial charge in [-0.05, 0) is 60.9 Å². The number of rotatable bonds is 9. The second-order valence-electron chi connectivity index (χ2n) is 8.26. The van der Waals surface area contributed by atoms with E-state index in [0.29, 0.717) is 40.3 Å². The highest BCUT2D eigenvalue weighted by Gasteiger charge is 2.24. The molecular formula is C25H34FN3O. The molecular weight excluding hydrogens is 377 g/mol. The zero-order chi connectivity index (χ0) is 22.4. The maximum Gasteiger partial charge on any atom is 0.223 e. The largest absolute Gasteiger partial charge is 0.357 e. The van der Waals surface area contributed by atoms with Crippen molar-refractivity contribution in [3.63, 3.8) is 0 Å². The number of allylic oxidation sites excluding steroid dienone is 2. The smallest absolute Gasteiger partial charge is 0.223 e. The lowest BCUT2D eigenvalue weighted by molar-refractivity contribution is 0.104. The SMILES string of the molecule is CC/C(=C\C(=O)c1c(-c2ccc(F)cc2)nc(NC)nc1C(C)C)C(CC)C(C)C. The van der Waals surface area contributed by atoms with Gasteiger partial charge in [0, 0.05) is 12.6 Å². The maximum absolute atomic E-state index is 13.6. The fraction of sp³-hybridized carbons (Fsp3) is 0.480. The van der Waals surface area contributed by atoms with Crippen LogP contribution < -0.4 is 5.32 Å². The Balaban J connectivity index is 2.73. The zero-order valence-corrected chi connectivity index (χ0v) is 19.2. The van der Waals surface area contributed by atoms with Crippen molar-refractivity contribution in [3.05, 3.63) is 53.0 Å². The van der Waals surface area contributed by atoms with Gasteiger partial charge in [0.2, 0.25) is 5.95 Å². The van der Waals surface area contributed by atoms with Crippen LogP contribution in [0.4, 0.5) is 10.3 Å². The summed E-state index contributed by atoms with van der Waals surface area (Å²) >= 11 is 0. The molecule has 5 heteroatoms. The standard InChI is InChI=1S/C25H34FN3O/c1-8-17(20(9-2)15(3)4)14-21(30)22-23(16(5)6)28-25(27-7)29-24(22)18-10-12-19(26)13-11-18/h10-16,20H,8-9H2,1-7H3,(H,27,28,29)/b17-14+. The number of nitrogens with zero attached hydrogens (tertiary/aromatic N) is 2. The topological polar surface area (TPSA) is 54.9 Å². The highest BCUT2D eigenvalue weighted by molar-refractivity contribution is 6.10. The number of nitrogens with one attached hydrogen (secondary N) is 1. The molecule has 0 bridgehead atoms. The molecule has 0 saturated carbocycles. The summed E-state index contributed by atoms with van der Waals surface area (Å²) in [7, 11) is 1.75. The molecule has 4 nitrogen and oxygen atoms in total. The minimum absolute atomic E-state index is 0.0313. The summed E-state index contributed by atoms with van der Waals surface area (Å²) in [5.41, 5.74) is 3.58. The molecule has 2 aromatic rings. The van der Waals surface area contributed by atoms with Gasteiger partial charge >= 0.3 is 0 Å². The molecule has 162 valence electrons. The summed E-state index contributed by atoms with van der Waals surface area (Å²) in [6.07, 6.45) is 3.59. The molecule has 1 atom stereocenters. The Morgan fingerprint density at radius 2 is 1.73 bits per heavy atom. The van der Waals surface area contributed by atoms with Gasteiger partial charge in [0.05, 0.1) is 17.0 Å². The molecule has 30 heavy (non-hydrogen) atoms. The van der Waals surface area contributed by atoms with Gasteiger partial charge in [0.25, 0.3) is 0 Å². The van der Waals surface area contributed by atoms with Crippen LogP contribution in [0.25, 0.3) is 11.3 Å². The molecule has 0 aliphatic rings. The molecule has 1 N–H and O–H groups in total. The Morgan fingerprint density at radius 3 is 2.20 bits per heavy atom. The summed E-state index contributed by atoms with van der Waals surface area (Å²) in [4.78, 5) is 22.8. The summed E-state index contributed by atoms with van der Waals surface area (Å²) in [6, 6.07) is 6.09. The van der Waals surface area contributed by atoms with Gasteiger partial charge < -0.3 is 5.32 Å². The van der Waals surface area contributed by atoms with Crippen LogP contribution in [0.5, 0.6) is 0 Å². The van der Waals surface area contributed by atoms with E-state index in [-0.39, 0.29) is 17.5 Å². The van der Waals surface area contributed by atoms with Crippen molar-refractivity contribution in [3.8, 4) is 11.3 Å². The second kappa shape index (κ2) is 10.5. The number of halogens is 1. The first-order chi connectivity index (χ1) is 14.2. The Bertz CT molecular complexity index is 901. The molecule has 0 spiro atoms. The van der Waals surface area contributed by atoms with E-state index in [2.05, 4.69) is 43.0 Å². The van der Waals surface area contributed by atoms with Crippen molar-refractivity contribution in [1.82, 2.24) is 9.97 Å². The van der Waals surface area contributed by atoms with E-state index >= 15 is 0 Å². The predicted molar refractivity (Wildman–Crippen MR) is 122 cm³/mol. The molecule has 1 unspecified atom stereocenters. The summed E-state index contributed by atoms with van der Waals surface area (Å²) in [5.74, 6) is 0.879. The number of ketones is 1. The molecule has 0 fully saturated rings. The first-order valence-corrected chi connectivity index (χ1v) is 10.8. The lowest BCUT2D eigenvalue weighted by atomic mass is 9.83. The van der Waals surface area contributed by atoms with Crippen LogP contribution in [0.2, 0.25) is 0 Å². The third-order valence-corrected chi connectivity index (χ3v) is 5.52. The van der Waals surface area contributed by atoms with E-state index in [1.165, 1.54) is 12.1 Å². The van der Waals surface area contributed by atoms with Crippen LogP contribution in [-0.2, 0) is 0 Å². The van der Waals surface area contributed by atoms with Crippen molar-refractivity contribution in [1.29, 1.82) is 0 Å². The quantitative estimate of drug-likeness (QED) is 0.371. The number of benzene rings is 1. The Labute approximate surface area is 180 Å². The van der Waals surface area contributed by atoms with Gasteiger partial charge in [-0.15, -0.1) is 0 Å². The maximum atomic E-state index is 13.6. The molecule has 2 rings (SSSR count). The average molecular weight is 412 g/mol. The van der Waals surface area contributed by atoms with Crippen LogP contribution >= 0.6 is 0 Å². The molecule has 1 aromatic carbocycles. The van der Waals surface area contributed by atoms with Crippen LogP contribution in [0.15, 0.2) is 35.9 Å². The van der Waals surface area contributed by atoms with Crippen LogP contribution in [0, 0.1) is 17.7 Å². The number of carbonyl (C=O) groups is 1. The highest BCUT2D eigenvalue weighted by Crippen LogP contribution is 2.32. The minimum Gasteiger partial charge on any atom is -0.357 e. The molecule has 0 radical (unpaired) electrons. The van der Waals surface area contributed by atoms with Crippen molar-refractivity contribution in [2.24, 2.45) is 11.8 Å². The number of hydrogen-bond acceptors (Lipinski definition) is 4. The second-order valence-corrected chi connectivity index (χ2v) is 8.26. The molecule has 0 aliphatic heterocycles. The van der Waals surface area contributed by atoms with Crippen molar-refractivity contribution in [2.45, 2.75) is 60.3 Å². The monoisotopic (exact) mass is 411 g/mol. The van der Waals surface area contributed by atoms with Crippen molar-refractivity contribution >= 4 is 11.7 Å². The lowest BCUT2D eigenvalue weighted by Gasteiger charge is -2.22. The molecule has 0 saturated heterocycles. The molecule has 0 aliphatic carbocycles. The number of anilines is 1. The van der Waals surface area contributed by atoms with Crippen LogP contribution in [0.1, 0.15) is 76.4 Å². The van der Waals surface area contributed by atoms with E-state index in [0.717, 1.165) is 18.4 Å². The Hall–Kier alpha value is -2.56. The van der Waals surface area contributed by atoms with Crippen LogP contribution in [-0.4, -0.2) is 22.8 Å². The average Bonchev–Trinajstić information content (AvgIpc) is 2.72. The molecule has 1 aromatic heterocycles. The van der Waals surface area contributed by atoms with Gasteiger partial charge in [0.15, 0.2) is 5.78 Å². The van der Waals surface area contributed by atoms with Gasteiger partial charge in [-0.3, -0.25) is 4.79 Å². The Morgan fingerprint density at radius 1 is 1.10 bits per heavy atom. The van der Waals surface area contributed by atoms with Gasteiger partial charge in [-0.1, -0.05) is 47.1 Å². The summed E-state index contributed by atoms with van der Waals surface area (Å²) in [5, 5.41) is 2.98. The van der Waals surface area contributed by atoms with Crippen LogP contribution in [0.3, 0.4) is 0 Å². The molecule has 1 heterocycles. The summed E-state index contributed by atoms with van der Waals surface area (Å²) in [6.45, 7) is 12.7. The normalized spacial score (nSPS) is 13.1. The number of carbonyl (C=O) groups excluding carboxylic acids is 1. The van der Waals surface area contributed by atoms with E-state index in [1.807, 2.05) is 13.8 Å². The number of hydrogen-bond donors (Lipinski definition) is 1. The van der Waals surface area contributed by atoms with Gasteiger partial charge in [-0.2, -0.15) is 0 Å². The predicted octanol–water partition coefficient (Wildman–Crippen LogP) is 6.65. The van der Waals surface area contributed by atoms with E-state index in [9.17, 15) is 9.18 Å². The zero-order valence-electron chi connectivity index (χ0n) is 19.2. The first-order valence-electron chi connectivity index (χ1n) is 10.8. The lowest BCUT2D eigenvalue weighted by Crippen LogP contribution is -2.15. The third kappa shape index (κ3) is 5.32. The minimum atomic E-state index is -0.325. The van der Waals surface area contributed by atoms with Crippen molar-refractivity contribution < 1.29 is 9.18 Å². The van der Waals surface area contributed by atoms with Crippen molar-refractivity contribution in [2.75, 3.05) is 12.4 Å². The van der Waals surface area contributed by atoms with Gasteiger partial charge in [-0.25, -0.2) is 14.4 Å². The summed E-state index contributed by atoms with van der Waals surface area (Å²) < 4.78 is 13.5. The van der Waals surface area contributed by atoms with E-state index < -0.39 is 0 Å². The van der Waals surface area contributed by atoms with E-state index in [1.54, 1.807) is 25.3 Å². The highest BCUT2D eigenvalue weighted by atomic mass is 19.1. The first kappa shape index (κ1) is 23.7. The number of aromatic nitrogens is 2.